The van der Waals surface area contributed by atoms with E-state index in [1.165, 1.54) is 5.56 Å². The molecule has 0 bridgehead atoms. The predicted octanol–water partition coefficient (Wildman–Crippen LogP) is 4.33. The fourth-order valence-electron chi connectivity index (χ4n) is 2.73. The first-order valence-corrected chi connectivity index (χ1v) is 7.57. The first-order chi connectivity index (χ1) is 9.65. The lowest BCUT2D eigenvalue weighted by Crippen LogP contribution is -2.30. The van der Waals surface area contributed by atoms with Crippen LogP contribution in [-0.2, 0) is 0 Å². The van der Waals surface area contributed by atoms with Crippen molar-refractivity contribution in [2.24, 2.45) is 0 Å². The van der Waals surface area contributed by atoms with Gasteiger partial charge in [-0.05, 0) is 49.6 Å². The quantitative estimate of drug-likeness (QED) is 0.819. The van der Waals surface area contributed by atoms with Crippen LogP contribution in [0, 0.1) is 6.92 Å². The summed E-state index contributed by atoms with van der Waals surface area (Å²) in [7, 11) is 0. The molecule has 2 aromatic rings. The highest BCUT2D eigenvalue weighted by Crippen LogP contribution is 2.33. The summed E-state index contributed by atoms with van der Waals surface area (Å²) in [4.78, 5) is 14.5. The van der Waals surface area contributed by atoms with Crippen LogP contribution in [-0.4, -0.2) is 17.4 Å². The van der Waals surface area contributed by atoms with Crippen LogP contribution in [0.25, 0.3) is 0 Å². The summed E-state index contributed by atoms with van der Waals surface area (Å²) in [5.74, 6) is 1.20. The minimum absolute atomic E-state index is 0.0106. The molecule has 0 spiro atoms. The van der Waals surface area contributed by atoms with E-state index in [0.29, 0.717) is 5.76 Å². The number of aryl methyl sites for hydroxylation is 1. The fraction of sp³-hybridized carbons (Fsp3) is 0.312. The molecule has 104 valence electrons. The molecule has 20 heavy (non-hydrogen) atoms. The Morgan fingerprint density at radius 3 is 2.65 bits per heavy atom. The number of hydrogen-bond donors (Lipinski definition) is 0. The third kappa shape index (κ3) is 2.52. The number of rotatable bonds is 2. The Balaban J connectivity index is 1.85. The maximum atomic E-state index is 12.5. The van der Waals surface area contributed by atoms with Gasteiger partial charge in [0.15, 0.2) is 5.76 Å². The summed E-state index contributed by atoms with van der Waals surface area (Å²) in [6.45, 7) is 2.65. The Morgan fingerprint density at radius 2 is 2.00 bits per heavy atom. The fourth-order valence-corrected chi connectivity index (χ4v) is 3.00. The van der Waals surface area contributed by atoms with Crippen molar-refractivity contribution in [3.05, 3.63) is 58.0 Å². The zero-order valence-electron chi connectivity index (χ0n) is 11.3. The Kier molecular flexibility index (Phi) is 3.66. The number of halogens is 1. The van der Waals surface area contributed by atoms with E-state index in [1.54, 1.807) is 6.07 Å². The number of carbonyl (C=O) groups excluding carboxylic acids is 1. The second kappa shape index (κ2) is 5.44. The molecule has 1 aliphatic heterocycles. The molecule has 3 rings (SSSR count). The number of hydrogen-bond acceptors (Lipinski definition) is 2. The summed E-state index contributed by atoms with van der Waals surface area (Å²) in [6.07, 6.45) is 2.04. The van der Waals surface area contributed by atoms with E-state index in [2.05, 4.69) is 28.1 Å². The van der Waals surface area contributed by atoms with Crippen LogP contribution >= 0.6 is 15.9 Å². The van der Waals surface area contributed by atoms with Crippen molar-refractivity contribution >= 4 is 21.8 Å². The van der Waals surface area contributed by atoms with E-state index in [-0.39, 0.29) is 11.9 Å². The second-order valence-electron chi connectivity index (χ2n) is 5.12. The third-order valence-electron chi connectivity index (χ3n) is 3.72. The number of likely N-dealkylation sites (tertiary alicyclic amines) is 1. The van der Waals surface area contributed by atoms with Gasteiger partial charge in [-0.3, -0.25) is 4.79 Å². The zero-order valence-corrected chi connectivity index (χ0v) is 12.9. The van der Waals surface area contributed by atoms with Gasteiger partial charge in [-0.15, -0.1) is 0 Å². The lowest BCUT2D eigenvalue weighted by Gasteiger charge is -2.24. The molecular formula is C16H16BrNO2. The van der Waals surface area contributed by atoms with Crippen molar-refractivity contribution in [2.75, 3.05) is 6.54 Å². The van der Waals surface area contributed by atoms with Crippen LogP contribution in [0.15, 0.2) is 45.3 Å². The van der Waals surface area contributed by atoms with Gasteiger partial charge in [0.1, 0.15) is 5.76 Å². The summed E-state index contributed by atoms with van der Waals surface area (Å²) in [5.41, 5.74) is 1.18. The third-order valence-corrected chi connectivity index (χ3v) is 4.25. The normalized spacial score (nSPS) is 18.5. The van der Waals surface area contributed by atoms with Crippen LogP contribution in [0.2, 0.25) is 0 Å². The number of benzene rings is 1. The molecule has 0 unspecified atom stereocenters. The highest BCUT2D eigenvalue weighted by molar-refractivity contribution is 9.10. The molecule has 0 aliphatic carbocycles. The van der Waals surface area contributed by atoms with Gasteiger partial charge in [0, 0.05) is 11.0 Å². The average molecular weight is 334 g/mol. The first kappa shape index (κ1) is 13.4. The topological polar surface area (TPSA) is 33.5 Å². The van der Waals surface area contributed by atoms with Crippen molar-refractivity contribution in [3.8, 4) is 0 Å². The van der Waals surface area contributed by atoms with Gasteiger partial charge in [-0.1, -0.05) is 28.1 Å². The molecule has 0 N–H and O–H groups in total. The molecule has 4 heteroatoms. The molecular weight excluding hydrogens is 318 g/mol. The summed E-state index contributed by atoms with van der Waals surface area (Å²) in [5, 5.41) is 0. The highest BCUT2D eigenvalue weighted by Gasteiger charge is 2.31. The maximum absolute atomic E-state index is 12.5. The molecule has 2 heterocycles. The number of carbonyl (C=O) groups is 1. The summed E-state index contributed by atoms with van der Waals surface area (Å²) in [6, 6.07) is 11.9. The van der Waals surface area contributed by atoms with Crippen LogP contribution < -0.4 is 0 Å². The Bertz CT molecular complexity index is 618. The largest absolute Gasteiger partial charge is 0.456 e. The van der Waals surface area contributed by atoms with E-state index in [9.17, 15) is 4.79 Å². The monoisotopic (exact) mass is 333 g/mol. The highest BCUT2D eigenvalue weighted by atomic mass is 79.9. The number of amides is 1. The summed E-state index contributed by atoms with van der Waals surface area (Å²) < 4.78 is 6.52. The molecule has 1 aromatic carbocycles. The Morgan fingerprint density at radius 1 is 1.25 bits per heavy atom. The molecule has 3 nitrogen and oxygen atoms in total. The molecule has 1 fully saturated rings. The molecule has 1 aliphatic rings. The van der Waals surface area contributed by atoms with Gasteiger partial charge in [0.25, 0.3) is 5.91 Å². The SMILES string of the molecule is Cc1ccc(C(=O)N2CCC[C@H]2c2ccc(Br)cc2)o1. The Labute approximate surface area is 126 Å². The zero-order chi connectivity index (χ0) is 14.1. The van der Waals surface area contributed by atoms with E-state index in [4.69, 9.17) is 4.42 Å². The van der Waals surface area contributed by atoms with Crippen LogP contribution in [0.1, 0.15) is 40.8 Å². The maximum Gasteiger partial charge on any atom is 0.290 e. The molecule has 1 amide bonds. The first-order valence-electron chi connectivity index (χ1n) is 6.78. The minimum atomic E-state index is -0.0106. The van der Waals surface area contributed by atoms with Crippen LogP contribution in [0.3, 0.4) is 0 Å². The van der Waals surface area contributed by atoms with Crippen LogP contribution in [0.5, 0.6) is 0 Å². The minimum Gasteiger partial charge on any atom is -0.456 e. The molecule has 0 radical (unpaired) electrons. The van der Waals surface area contributed by atoms with E-state index in [0.717, 1.165) is 29.6 Å². The van der Waals surface area contributed by atoms with E-state index in [1.807, 2.05) is 30.0 Å². The lowest BCUT2D eigenvalue weighted by molar-refractivity contribution is 0.0702. The molecule has 1 saturated heterocycles. The standard InChI is InChI=1S/C16H16BrNO2/c1-11-4-9-15(20-11)16(19)18-10-2-3-14(18)12-5-7-13(17)8-6-12/h4-9,14H,2-3,10H2,1H3/t14-/m0/s1. The number of furan rings is 1. The van der Waals surface area contributed by atoms with Crippen molar-refractivity contribution in [1.82, 2.24) is 4.90 Å². The van der Waals surface area contributed by atoms with Crippen LogP contribution in [0.4, 0.5) is 0 Å². The van der Waals surface area contributed by atoms with Gasteiger partial charge < -0.3 is 9.32 Å². The average Bonchev–Trinajstić information content (AvgIpc) is 3.07. The summed E-state index contributed by atoms with van der Waals surface area (Å²) >= 11 is 3.44. The van der Waals surface area contributed by atoms with Crippen molar-refractivity contribution in [2.45, 2.75) is 25.8 Å². The van der Waals surface area contributed by atoms with Gasteiger partial charge in [0.2, 0.25) is 0 Å². The van der Waals surface area contributed by atoms with Gasteiger partial charge >= 0.3 is 0 Å². The van der Waals surface area contributed by atoms with Gasteiger partial charge in [0.05, 0.1) is 6.04 Å². The van der Waals surface area contributed by atoms with E-state index >= 15 is 0 Å². The van der Waals surface area contributed by atoms with E-state index < -0.39 is 0 Å². The second-order valence-corrected chi connectivity index (χ2v) is 6.03. The number of nitrogens with zero attached hydrogens (tertiary/aromatic N) is 1. The van der Waals surface area contributed by atoms with Gasteiger partial charge in [-0.2, -0.15) is 0 Å². The van der Waals surface area contributed by atoms with Crippen molar-refractivity contribution < 1.29 is 9.21 Å². The molecule has 1 atom stereocenters. The smallest absolute Gasteiger partial charge is 0.290 e. The molecule has 1 aromatic heterocycles. The molecule has 0 saturated carbocycles. The van der Waals surface area contributed by atoms with Crippen molar-refractivity contribution in [3.63, 3.8) is 0 Å². The van der Waals surface area contributed by atoms with Crippen molar-refractivity contribution in [1.29, 1.82) is 0 Å². The predicted molar refractivity (Wildman–Crippen MR) is 80.6 cm³/mol. The Hall–Kier alpha value is -1.55. The lowest BCUT2D eigenvalue weighted by atomic mass is 10.0. The van der Waals surface area contributed by atoms with Gasteiger partial charge in [-0.25, -0.2) is 0 Å².